The summed E-state index contributed by atoms with van der Waals surface area (Å²) in [5, 5.41) is 9.97. The zero-order valence-electron chi connectivity index (χ0n) is 12.8. The van der Waals surface area contributed by atoms with Crippen molar-refractivity contribution >= 4 is 22.8 Å². The van der Waals surface area contributed by atoms with Gasteiger partial charge in [0.2, 0.25) is 0 Å². The number of nitrogens with zero attached hydrogens (tertiary/aromatic N) is 1. The van der Waals surface area contributed by atoms with Gasteiger partial charge in [-0.05, 0) is 20.0 Å². The van der Waals surface area contributed by atoms with Crippen molar-refractivity contribution in [3.8, 4) is 0 Å². The van der Waals surface area contributed by atoms with E-state index in [1.165, 1.54) is 11.9 Å². The lowest BCUT2D eigenvalue weighted by molar-refractivity contribution is 0.104. The molecule has 140 valence electrons. The molecule has 0 aliphatic rings. The molecule has 0 aliphatic carbocycles. The van der Waals surface area contributed by atoms with Gasteiger partial charge in [-0.15, -0.1) is 0 Å². The minimum Gasteiger partial charge on any atom is -0.389 e. The van der Waals surface area contributed by atoms with Crippen molar-refractivity contribution in [2.45, 2.75) is 36.9 Å². The Morgan fingerprint density at radius 3 is 1.61 bits per heavy atom. The van der Waals surface area contributed by atoms with Crippen molar-refractivity contribution < 1.29 is 48.2 Å². The molecule has 0 aromatic rings. The average Bonchev–Trinajstić information content (AvgIpc) is 2.22. The van der Waals surface area contributed by atoms with Crippen LogP contribution in [0.5, 0.6) is 0 Å². The predicted molar refractivity (Wildman–Crippen MR) is 81.9 cm³/mol. The lowest BCUT2D eigenvalue weighted by Crippen LogP contribution is -2.47. The van der Waals surface area contributed by atoms with E-state index >= 15 is 0 Å². The van der Waals surface area contributed by atoms with Crippen molar-refractivity contribution in [3.63, 3.8) is 0 Å². The molecule has 0 amide bonds. The van der Waals surface area contributed by atoms with Crippen molar-refractivity contribution in [1.29, 1.82) is 0 Å². The van der Waals surface area contributed by atoms with Crippen LogP contribution in [0.15, 0.2) is 0 Å². The summed E-state index contributed by atoms with van der Waals surface area (Å²) < 4.78 is 30.5. The van der Waals surface area contributed by atoms with Gasteiger partial charge < -0.3 is 39.4 Å². The Balaban J connectivity index is 5.77. The molecular formula is C9H24NO10P3. The number of unbranched alkanes of at least 4 members (excludes halogenated alkanes) is 2. The van der Waals surface area contributed by atoms with Crippen LogP contribution < -0.4 is 0 Å². The molecule has 23 heavy (non-hydrogen) atoms. The Morgan fingerprint density at radius 2 is 1.30 bits per heavy atom. The molecule has 0 rings (SSSR count). The van der Waals surface area contributed by atoms with Gasteiger partial charge in [0.25, 0.3) is 4.64 Å². The molecule has 0 radical (unpaired) electrons. The van der Waals surface area contributed by atoms with E-state index in [1.807, 2.05) is 6.92 Å². The van der Waals surface area contributed by atoms with Crippen LogP contribution in [0.1, 0.15) is 26.2 Å². The normalized spacial score (nSPS) is 15.9. The second-order valence-electron chi connectivity index (χ2n) is 5.30. The smallest absolute Gasteiger partial charge is 0.358 e. The van der Waals surface area contributed by atoms with Gasteiger partial charge >= 0.3 is 22.8 Å². The summed E-state index contributed by atoms with van der Waals surface area (Å²) in [5.74, 6) is 0. The largest absolute Gasteiger partial charge is 0.389 e. The van der Waals surface area contributed by atoms with Crippen LogP contribution in [0.25, 0.3) is 0 Å². The SMILES string of the molecule is CCCCCN(C)CC(O)C(P(=O)(O)O)(P(=O)(O)O)P(=O)(O)O. The molecular weight excluding hydrogens is 375 g/mol. The topological polar surface area (TPSA) is 196 Å². The van der Waals surface area contributed by atoms with Gasteiger partial charge in [-0.1, -0.05) is 19.8 Å². The number of aliphatic hydroxyl groups is 1. The highest BCUT2D eigenvalue weighted by Crippen LogP contribution is 2.83. The molecule has 0 spiro atoms. The molecule has 0 fully saturated rings. The van der Waals surface area contributed by atoms with E-state index < -0.39 is 40.1 Å². The van der Waals surface area contributed by atoms with E-state index in [4.69, 9.17) is 0 Å². The lowest BCUT2D eigenvalue weighted by Gasteiger charge is -2.39. The van der Waals surface area contributed by atoms with Crippen LogP contribution in [0.4, 0.5) is 0 Å². The number of hydrogen-bond acceptors (Lipinski definition) is 5. The van der Waals surface area contributed by atoms with E-state index in [0.717, 1.165) is 12.8 Å². The molecule has 7 N–H and O–H groups in total. The average molecular weight is 399 g/mol. The first-order valence-electron chi connectivity index (χ1n) is 6.66. The summed E-state index contributed by atoms with van der Waals surface area (Å²) in [6, 6.07) is 0. The molecule has 1 unspecified atom stereocenters. The van der Waals surface area contributed by atoms with Crippen LogP contribution in [0, 0.1) is 0 Å². The van der Waals surface area contributed by atoms with Gasteiger partial charge in [0.15, 0.2) is 0 Å². The van der Waals surface area contributed by atoms with E-state index in [1.54, 1.807) is 0 Å². The fourth-order valence-corrected chi connectivity index (χ4v) is 7.71. The molecule has 0 bridgehead atoms. The van der Waals surface area contributed by atoms with E-state index in [0.29, 0.717) is 13.0 Å². The summed E-state index contributed by atoms with van der Waals surface area (Å²) in [7, 11) is -16.9. The number of likely N-dealkylation sites (N-methyl/N-ethyl adjacent to an activating group) is 1. The summed E-state index contributed by atoms with van der Waals surface area (Å²) >= 11 is 0. The first kappa shape index (κ1) is 23.4. The highest BCUT2D eigenvalue weighted by atomic mass is 31.3. The second-order valence-corrected chi connectivity index (χ2v) is 11.7. The minimum atomic E-state index is -6.10. The number of hydrogen-bond donors (Lipinski definition) is 7. The molecule has 14 heteroatoms. The highest BCUT2D eigenvalue weighted by Gasteiger charge is 2.75. The van der Waals surface area contributed by atoms with Crippen molar-refractivity contribution in [2.75, 3.05) is 20.1 Å². The molecule has 0 aliphatic heterocycles. The molecule has 0 aromatic carbocycles. The van der Waals surface area contributed by atoms with E-state index in [9.17, 15) is 48.2 Å². The van der Waals surface area contributed by atoms with Crippen LogP contribution in [0.2, 0.25) is 0 Å². The quantitative estimate of drug-likeness (QED) is 0.187. The molecule has 0 saturated heterocycles. The minimum absolute atomic E-state index is 0.310. The maximum Gasteiger partial charge on any atom is 0.358 e. The monoisotopic (exact) mass is 399 g/mol. The third-order valence-corrected chi connectivity index (χ3v) is 11.5. The highest BCUT2D eigenvalue weighted by molar-refractivity contribution is 7.88. The van der Waals surface area contributed by atoms with Gasteiger partial charge in [0.05, 0.1) is 0 Å². The first-order chi connectivity index (χ1) is 10.1. The molecule has 0 saturated carbocycles. The third kappa shape index (κ3) is 5.17. The molecule has 0 heterocycles. The Hall–Kier alpha value is 0.370. The van der Waals surface area contributed by atoms with Crippen LogP contribution in [-0.2, 0) is 13.7 Å². The fraction of sp³-hybridized carbons (Fsp3) is 1.00. The standard InChI is InChI=1S/C9H24NO10P3/c1-3-4-5-6-10(2)7-8(11)9(21(12,13)14,22(15,16)17)23(18,19)20/h8,11H,3-7H2,1-2H3,(H2,12,13,14)(H2,15,16,17)(H2,18,19,20). The van der Waals surface area contributed by atoms with Crippen molar-refractivity contribution in [1.82, 2.24) is 4.90 Å². The predicted octanol–water partition coefficient (Wildman–Crippen LogP) is -0.344. The van der Waals surface area contributed by atoms with E-state index in [-0.39, 0.29) is 0 Å². The van der Waals surface area contributed by atoms with Crippen molar-refractivity contribution in [2.24, 2.45) is 0 Å². The second kappa shape index (κ2) is 8.17. The number of aliphatic hydroxyl groups excluding tert-OH is 1. The van der Waals surface area contributed by atoms with Gasteiger partial charge in [-0.25, -0.2) is 0 Å². The summed E-state index contributed by atoms with van der Waals surface area (Å²) in [4.78, 5) is 56.8. The molecule has 0 aromatic heterocycles. The van der Waals surface area contributed by atoms with Crippen molar-refractivity contribution in [3.05, 3.63) is 0 Å². The van der Waals surface area contributed by atoms with E-state index in [2.05, 4.69) is 0 Å². The maximum atomic E-state index is 11.6. The Labute approximate surface area is 133 Å². The Bertz CT molecular complexity index is 467. The lowest BCUT2D eigenvalue weighted by atomic mass is 10.2. The third-order valence-electron chi connectivity index (χ3n) is 3.36. The van der Waals surface area contributed by atoms with Crippen LogP contribution in [-0.4, -0.2) is 70.2 Å². The zero-order chi connectivity index (χ0) is 18.7. The van der Waals surface area contributed by atoms with Crippen LogP contribution >= 0.6 is 22.8 Å². The molecule has 1 atom stereocenters. The van der Waals surface area contributed by atoms with Gasteiger partial charge in [-0.3, -0.25) is 13.7 Å². The van der Waals surface area contributed by atoms with Crippen LogP contribution in [0.3, 0.4) is 0 Å². The summed E-state index contributed by atoms with van der Waals surface area (Å²) in [6.45, 7) is 1.50. The fourth-order valence-electron chi connectivity index (χ4n) is 2.23. The number of rotatable bonds is 10. The maximum absolute atomic E-state index is 11.6. The summed E-state index contributed by atoms with van der Waals surface area (Å²) in [6.07, 6.45) is -0.333. The van der Waals surface area contributed by atoms with Gasteiger partial charge in [-0.2, -0.15) is 0 Å². The zero-order valence-corrected chi connectivity index (χ0v) is 15.4. The first-order valence-corrected chi connectivity index (χ1v) is 11.5. The molecule has 11 nitrogen and oxygen atoms in total. The summed E-state index contributed by atoms with van der Waals surface area (Å²) in [5.41, 5.74) is 0. The Morgan fingerprint density at radius 1 is 0.913 bits per heavy atom. The van der Waals surface area contributed by atoms with Gasteiger partial charge in [0, 0.05) is 6.54 Å². The van der Waals surface area contributed by atoms with Gasteiger partial charge in [0.1, 0.15) is 6.10 Å². The Kier molecular flexibility index (Phi) is 8.30.